The largest absolute Gasteiger partial charge is 0.480 e. The summed E-state index contributed by atoms with van der Waals surface area (Å²) in [7, 11) is 0. The van der Waals surface area contributed by atoms with E-state index in [0.29, 0.717) is 33.0 Å². The first-order chi connectivity index (χ1) is 9.18. The second kappa shape index (κ2) is 19.6. The fraction of sp³-hybridized carbons (Fsp3) is 0.917. The van der Waals surface area contributed by atoms with E-state index >= 15 is 0 Å². The molecule has 19 heavy (non-hydrogen) atoms. The molecule has 0 aromatic carbocycles. The molecule has 0 amide bonds. The summed E-state index contributed by atoms with van der Waals surface area (Å²) in [6, 6.07) is 0. The molecular weight excluding hydrogens is 256 g/mol. The first-order valence-electron chi connectivity index (χ1n) is 6.35. The smallest absolute Gasteiger partial charge is 0.329 e. The van der Waals surface area contributed by atoms with Crippen molar-refractivity contribution >= 4 is 5.97 Å². The number of carboxylic acid groups (broad SMARTS) is 1. The Hall–Kier alpha value is -0.730. The molecule has 116 valence electrons. The van der Waals surface area contributed by atoms with E-state index in [9.17, 15) is 4.79 Å². The van der Waals surface area contributed by atoms with E-state index < -0.39 is 5.97 Å². The highest BCUT2D eigenvalue weighted by Crippen LogP contribution is 1.86. The lowest BCUT2D eigenvalue weighted by Crippen LogP contribution is -2.09. The number of aliphatic carboxylic acids is 1. The Morgan fingerprint density at radius 1 is 0.895 bits per heavy atom. The molecule has 0 fully saturated rings. The molecule has 0 atom stereocenters. The predicted molar refractivity (Wildman–Crippen MR) is 69.2 cm³/mol. The second-order valence-corrected chi connectivity index (χ2v) is 3.47. The van der Waals surface area contributed by atoms with Crippen molar-refractivity contribution < 1.29 is 34.3 Å². The zero-order chi connectivity index (χ0) is 14.8. The molecule has 0 saturated heterocycles. The number of aliphatic hydroxyl groups is 2. The Morgan fingerprint density at radius 2 is 1.42 bits per heavy atom. The van der Waals surface area contributed by atoms with Crippen LogP contribution >= 0.6 is 0 Å². The molecule has 0 aromatic heterocycles. The highest BCUT2D eigenvalue weighted by atomic mass is 16.5. The molecule has 0 bridgehead atoms. The first-order valence-corrected chi connectivity index (χ1v) is 6.35. The maximum Gasteiger partial charge on any atom is 0.329 e. The maximum atomic E-state index is 9.84. The molecule has 0 radical (unpaired) electrons. The van der Waals surface area contributed by atoms with Gasteiger partial charge in [0.2, 0.25) is 0 Å². The van der Waals surface area contributed by atoms with Crippen LogP contribution < -0.4 is 0 Å². The number of unbranched alkanes of at least 4 members (excludes halogenated alkanes) is 1. The van der Waals surface area contributed by atoms with E-state index in [2.05, 4.69) is 0 Å². The molecular formula is C12H26O7. The molecule has 0 heterocycles. The minimum atomic E-state index is -0.897. The van der Waals surface area contributed by atoms with Crippen LogP contribution in [-0.4, -0.2) is 74.1 Å². The lowest BCUT2D eigenvalue weighted by molar-refractivity contribution is -0.142. The van der Waals surface area contributed by atoms with Crippen LogP contribution in [0.4, 0.5) is 0 Å². The third-order valence-electron chi connectivity index (χ3n) is 1.71. The van der Waals surface area contributed by atoms with Gasteiger partial charge in [-0.3, -0.25) is 0 Å². The van der Waals surface area contributed by atoms with Gasteiger partial charge < -0.3 is 29.5 Å². The van der Waals surface area contributed by atoms with Gasteiger partial charge in [-0.1, -0.05) is 13.3 Å². The Morgan fingerprint density at radius 3 is 1.79 bits per heavy atom. The average molecular weight is 282 g/mol. The molecule has 0 rings (SSSR count). The van der Waals surface area contributed by atoms with Gasteiger partial charge in [-0.25, -0.2) is 4.79 Å². The fourth-order valence-corrected chi connectivity index (χ4v) is 0.857. The van der Waals surface area contributed by atoms with Crippen molar-refractivity contribution in [3.63, 3.8) is 0 Å². The SMILES string of the molecule is CCCCOCC(=O)O.OCCOCCOCCO. The quantitative estimate of drug-likeness (QED) is 0.429. The number of carboxylic acids is 1. The second-order valence-electron chi connectivity index (χ2n) is 3.47. The topological polar surface area (TPSA) is 105 Å². The van der Waals surface area contributed by atoms with Gasteiger partial charge in [-0.15, -0.1) is 0 Å². The van der Waals surface area contributed by atoms with E-state index in [1.807, 2.05) is 6.92 Å². The Labute approximate surface area is 114 Å². The summed E-state index contributed by atoms with van der Waals surface area (Å²) in [5, 5.41) is 24.6. The molecule has 0 spiro atoms. The van der Waals surface area contributed by atoms with Crippen molar-refractivity contribution in [1.29, 1.82) is 0 Å². The normalized spacial score (nSPS) is 9.84. The number of hydrogen-bond donors (Lipinski definition) is 3. The molecule has 0 aromatic rings. The molecule has 0 aliphatic rings. The maximum absolute atomic E-state index is 9.84. The number of rotatable bonds is 12. The molecule has 0 unspecified atom stereocenters. The average Bonchev–Trinajstić information content (AvgIpc) is 2.39. The molecule has 7 heteroatoms. The standard InChI is InChI=1S/C6H14O4.C6H12O3/c7-1-3-9-5-6-10-4-2-8;1-2-3-4-9-5-6(7)8/h7-8H,1-6H2;2-5H2,1H3,(H,7,8). The highest BCUT2D eigenvalue weighted by molar-refractivity contribution is 5.67. The summed E-state index contributed by atoms with van der Waals surface area (Å²) >= 11 is 0. The van der Waals surface area contributed by atoms with Crippen molar-refractivity contribution in [1.82, 2.24) is 0 Å². The number of carbonyl (C=O) groups is 1. The van der Waals surface area contributed by atoms with Crippen LogP contribution in [0.1, 0.15) is 19.8 Å². The molecule has 0 aliphatic carbocycles. The highest BCUT2D eigenvalue weighted by Gasteiger charge is 1.93. The van der Waals surface area contributed by atoms with Gasteiger partial charge in [-0.05, 0) is 6.42 Å². The lowest BCUT2D eigenvalue weighted by atomic mass is 10.4. The summed E-state index contributed by atoms with van der Waals surface area (Å²) < 4.78 is 14.5. The minimum absolute atomic E-state index is 0.0417. The van der Waals surface area contributed by atoms with Crippen LogP contribution in [0.25, 0.3) is 0 Å². The summed E-state index contributed by atoms with van der Waals surface area (Å²) in [6.07, 6.45) is 1.98. The van der Waals surface area contributed by atoms with E-state index in [4.69, 9.17) is 29.5 Å². The van der Waals surface area contributed by atoms with Gasteiger partial charge >= 0.3 is 5.97 Å². The zero-order valence-electron chi connectivity index (χ0n) is 11.5. The van der Waals surface area contributed by atoms with Crippen LogP contribution in [0.2, 0.25) is 0 Å². The Bertz CT molecular complexity index is 167. The van der Waals surface area contributed by atoms with Gasteiger partial charge in [0, 0.05) is 6.61 Å². The van der Waals surface area contributed by atoms with E-state index in [1.165, 1.54) is 0 Å². The number of ether oxygens (including phenoxy) is 3. The summed E-state index contributed by atoms with van der Waals surface area (Å²) in [5.41, 5.74) is 0. The summed E-state index contributed by atoms with van der Waals surface area (Å²) in [5.74, 6) is -0.897. The van der Waals surface area contributed by atoms with Gasteiger partial charge in [0.25, 0.3) is 0 Å². The van der Waals surface area contributed by atoms with Gasteiger partial charge in [0.05, 0.1) is 39.6 Å². The summed E-state index contributed by atoms with van der Waals surface area (Å²) in [4.78, 5) is 9.84. The third kappa shape index (κ3) is 26.7. The van der Waals surface area contributed by atoms with E-state index in [1.54, 1.807) is 0 Å². The van der Waals surface area contributed by atoms with E-state index in [0.717, 1.165) is 12.8 Å². The van der Waals surface area contributed by atoms with E-state index in [-0.39, 0.29) is 19.8 Å². The van der Waals surface area contributed by atoms with Gasteiger partial charge in [-0.2, -0.15) is 0 Å². The lowest BCUT2D eigenvalue weighted by Gasteiger charge is -2.01. The van der Waals surface area contributed by atoms with Crippen LogP contribution in [0.5, 0.6) is 0 Å². The molecule has 3 N–H and O–H groups in total. The monoisotopic (exact) mass is 282 g/mol. The van der Waals surface area contributed by atoms with Crippen LogP contribution in [0.3, 0.4) is 0 Å². The van der Waals surface area contributed by atoms with Gasteiger partial charge in [0.1, 0.15) is 6.61 Å². The van der Waals surface area contributed by atoms with Crippen molar-refractivity contribution in [3.8, 4) is 0 Å². The summed E-state index contributed by atoms with van der Waals surface area (Å²) in [6.45, 7) is 4.15. The van der Waals surface area contributed by atoms with Crippen LogP contribution in [-0.2, 0) is 19.0 Å². The van der Waals surface area contributed by atoms with Crippen LogP contribution in [0, 0.1) is 0 Å². The number of aliphatic hydroxyl groups excluding tert-OH is 2. The third-order valence-corrected chi connectivity index (χ3v) is 1.71. The number of hydrogen-bond acceptors (Lipinski definition) is 6. The van der Waals surface area contributed by atoms with Crippen LogP contribution in [0.15, 0.2) is 0 Å². The fourth-order valence-electron chi connectivity index (χ4n) is 0.857. The van der Waals surface area contributed by atoms with Crippen molar-refractivity contribution in [2.45, 2.75) is 19.8 Å². The predicted octanol–water partition coefficient (Wildman–Crippen LogP) is -0.108. The minimum Gasteiger partial charge on any atom is -0.480 e. The van der Waals surface area contributed by atoms with Crippen molar-refractivity contribution in [3.05, 3.63) is 0 Å². The van der Waals surface area contributed by atoms with Gasteiger partial charge in [0.15, 0.2) is 0 Å². The molecule has 7 nitrogen and oxygen atoms in total. The Kier molecular flexibility index (Phi) is 21.2. The molecule has 0 saturated carbocycles. The van der Waals surface area contributed by atoms with Crippen molar-refractivity contribution in [2.75, 3.05) is 52.9 Å². The molecule has 0 aliphatic heterocycles. The van der Waals surface area contributed by atoms with Crippen molar-refractivity contribution in [2.24, 2.45) is 0 Å². The first kappa shape index (κ1) is 20.6. The Balaban J connectivity index is 0. The zero-order valence-corrected chi connectivity index (χ0v) is 11.5.